The average molecular weight is 465 g/mol. The van der Waals surface area contributed by atoms with Gasteiger partial charge in [0.1, 0.15) is 11.6 Å². The minimum Gasteiger partial charge on any atom is -0.325 e. The van der Waals surface area contributed by atoms with E-state index in [1.54, 1.807) is 23.9 Å². The third-order valence-corrected chi connectivity index (χ3v) is 7.45. The summed E-state index contributed by atoms with van der Waals surface area (Å²) in [6.45, 7) is 2.79. The molecule has 1 saturated heterocycles. The van der Waals surface area contributed by atoms with Crippen molar-refractivity contribution >= 4 is 23.4 Å². The van der Waals surface area contributed by atoms with Gasteiger partial charge in [0.15, 0.2) is 0 Å². The molecule has 0 radical (unpaired) electrons. The van der Waals surface area contributed by atoms with Gasteiger partial charge >= 0.3 is 0 Å². The zero-order valence-corrected chi connectivity index (χ0v) is 19.7. The summed E-state index contributed by atoms with van der Waals surface area (Å²) in [4.78, 5) is 22.9. The van der Waals surface area contributed by atoms with E-state index in [-0.39, 0.29) is 17.8 Å². The maximum absolute atomic E-state index is 13.9. The summed E-state index contributed by atoms with van der Waals surface area (Å²) in [5.74, 6) is 1.04. The predicted molar refractivity (Wildman–Crippen MR) is 130 cm³/mol. The van der Waals surface area contributed by atoms with Crippen LogP contribution in [0, 0.1) is 5.82 Å². The molecule has 0 aliphatic carbocycles. The van der Waals surface area contributed by atoms with Gasteiger partial charge in [0.05, 0.1) is 12.6 Å². The number of anilines is 1. The van der Waals surface area contributed by atoms with E-state index in [4.69, 9.17) is 0 Å². The molecule has 172 valence electrons. The number of benzene rings is 2. The molecule has 7 heteroatoms. The highest BCUT2D eigenvalue weighted by Gasteiger charge is 2.27. The number of carbonyl (C=O) groups excluding carboxylic acids is 1. The van der Waals surface area contributed by atoms with Crippen LogP contribution in [-0.4, -0.2) is 52.8 Å². The Bertz CT molecular complexity index is 1150. The zero-order valence-electron chi connectivity index (χ0n) is 18.9. The summed E-state index contributed by atoms with van der Waals surface area (Å²) in [5.41, 5.74) is 3.15. The van der Waals surface area contributed by atoms with E-state index in [0.717, 1.165) is 55.8 Å². The fourth-order valence-electron chi connectivity index (χ4n) is 5.04. The molecule has 2 aromatic carbocycles. The minimum atomic E-state index is -0.194. The Morgan fingerprint density at radius 1 is 1.15 bits per heavy atom. The number of piperazine rings is 1. The van der Waals surface area contributed by atoms with Crippen LogP contribution in [0.15, 0.2) is 59.6 Å². The van der Waals surface area contributed by atoms with Crippen LogP contribution in [0.2, 0.25) is 0 Å². The lowest BCUT2D eigenvalue weighted by Crippen LogP contribution is -2.51. The molecule has 5 rings (SSSR count). The summed E-state index contributed by atoms with van der Waals surface area (Å²) in [7, 11) is 0. The van der Waals surface area contributed by atoms with Crippen molar-refractivity contribution in [3.05, 3.63) is 77.6 Å². The van der Waals surface area contributed by atoms with Gasteiger partial charge in [-0.15, -0.1) is 11.8 Å². The molecule has 0 N–H and O–H groups in total. The average Bonchev–Trinajstić information content (AvgIpc) is 3.26. The first-order valence-electron chi connectivity index (χ1n) is 11.6. The van der Waals surface area contributed by atoms with Crippen LogP contribution in [0.1, 0.15) is 36.0 Å². The fourth-order valence-corrected chi connectivity index (χ4v) is 5.49. The normalized spacial score (nSPS) is 19.0. The van der Waals surface area contributed by atoms with Crippen molar-refractivity contribution in [1.29, 1.82) is 0 Å². The van der Waals surface area contributed by atoms with Crippen LogP contribution in [0.25, 0.3) is 0 Å². The second-order valence-corrected chi connectivity index (χ2v) is 9.65. The van der Waals surface area contributed by atoms with Gasteiger partial charge in [-0.2, -0.15) is 0 Å². The number of rotatable bonds is 6. The van der Waals surface area contributed by atoms with Gasteiger partial charge in [0.25, 0.3) is 0 Å². The highest BCUT2D eigenvalue weighted by Crippen LogP contribution is 2.32. The molecule has 0 bridgehead atoms. The number of imidazole rings is 1. The van der Waals surface area contributed by atoms with E-state index in [0.29, 0.717) is 13.1 Å². The van der Waals surface area contributed by atoms with E-state index in [1.807, 2.05) is 35.6 Å². The molecule has 1 fully saturated rings. The first-order chi connectivity index (χ1) is 16.1. The Morgan fingerprint density at radius 2 is 2.03 bits per heavy atom. The number of aromatic nitrogens is 2. The van der Waals surface area contributed by atoms with Crippen LogP contribution in [0.3, 0.4) is 0 Å². The molecular formula is C26H29FN4OS. The molecule has 3 aromatic rings. The number of carbonyl (C=O) groups is 1. The molecule has 0 spiro atoms. The Morgan fingerprint density at radius 3 is 2.85 bits per heavy atom. The fraction of sp³-hybridized carbons (Fsp3) is 0.385. The minimum absolute atomic E-state index is 0.129. The van der Waals surface area contributed by atoms with Crippen molar-refractivity contribution in [2.24, 2.45) is 0 Å². The summed E-state index contributed by atoms with van der Waals surface area (Å²) in [6.07, 6.45) is 7.86. The molecule has 2 aliphatic heterocycles. The molecule has 0 saturated carbocycles. The second kappa shape index (κ2) is 9.69. The van der Waals surface area contributed by atoms with Crippen molar-refractivity contribution in [3.8, 4) is 0 Å². The summed E-state index contributed by atoms with van der Waals surface area (Å²) in [5, 5.41) is 0. The van der Waals surface area contributed by atoms with Crippen LogP contribution in [0.5, 0.6) is 0 Å². The van der Waals surface area contributed by atoms with Gasteiger partial charge in [-0.3, -0.25) is 9.69 Å². The van der Waals surface area contributed by atoms with Crippen molar-refractivity contribution < 1.29 is 9.18 Å². The smallest absolute Gasteiger partial charge is 0.241 e. The third kappa shape index (κ3) is 4.70. The lowest BCUT2D eigenvalue weighted by atomic mass is 9.96. The van der Waals surface area contributed by atoms with Crippen molar-refractivity contribution in [2.45, 2.75) is 36.6 Å². The van der Waals surface area contributed by atoms with Crippen LogP contribution in [0.4, 0.5) is 10.1 Å². The van der Waals surface area contributed by atoms with E-state index in [2.05, 4.69) is 26.6 Å². The van der Waals surface area contributed by atoms with Gasteiger partial charge in [-0.25, -0.2) is 9.37 Å². The van der Waals surface area contributed by atoms with Crippen LogP contribution < -0.4 is 4.90 Å². The molecule has 1 unspecified atom stereocenters. The SMILES string of the molecule is CSc1cccc(N2CCN(CCc3cnc4n3C(c3cccc(F)c3)CCC4)CC2=O)c1. The topological polar surface area (TPSA) is 41.4 Å². The number of halogens is 1. The number of nitrogens with zero attached hydrogens (tertiary/aromatic N) is 4. The first kappa shape index (κ1) is 22.2. The molecule has 5 nitrogen and oxygen atoms in total. The largest absolute Gasteiger partial charge is 0.325 e. The molecular weight excluding hydrogens is 435 g/mol. The summed E-state index contributed by atoms with van der Waals surface area (Å²) in [6, 6.07) is 15.2. The van der Waals surface area contributed by atoms with Crippen molar-refractivity contribution in [2.75, 3.05) is 37.3 Å². The molecule has 1 amide bonds. The van der Waals surface area contributed by atoms with E-state index < -0.39 is 0 Å². The summed E-state index contributed by atoms with van der Waals surface area (Å²) >= 11 is 1.69. The Balaban J connectivity index is 1.26. The second-order valence-electron chi connectivity index (χ2n) is 8.77. The quantitative estimate of drug-likeness (QED) is 0.502. The van der Waals surface area contributed by atoms with Gasteiger partial charge < -0.3 is 9.47 Å². The molecule has 2 aliphatic rings. The number of aryl methyl sites for hydroxylation is 1. The number of amides is 1. The standard InChI is InChI=1S/C26H29FN4OS/c1-33-23-8-3-7-21(16-23)30-14-13-29(18-26(30)32)12-11-22-17-28-25-10-4-9-24(31(22)25)19-5-2-6-20(27)15-19/h2-3,5-8,15-17,24H,4,9-14,18H2,1H3. The third-order valence-electron chi connectivity index (χ3n) is 6.72. The molecule has 33 heavy (non-hydrogen) atoms. The number of hydrogen-bond donors (Lipinski definition) is 0. The van der Waals surface area contributed by atoms with Crippen LogP contribution >= 0.6 is 11.8 Å². The van der Waals surface area contributed by atoms with Crippen molar-refractivity contribution in [1.82, 2.24) is 14.5 Å². The van der Waals surface area contributed by atoms with Crippen molar-refractivity contribution in [3.63, 3.8) is 0 Å². The Hall–Kier alpha value is -2.64. The molecule has 3 heterocycles. The maximum Gasteiger partial charge on any atom is 0.241 e. The van der Waals surface area contributed by atoms with E-state index in [9.17, 15) is 9.18 Å². The monoisotopic (exact) mass is 464 g/mol. The number of thioether (sulfide) groups is 1. The predicted octanol–water partition coefficient (Wildman–Crippen LogP) is 4.56. The highest BCUT2D eigenvalue weighted by molar-refractivity contribution is 7.98. The maximum atomic E-state index is 13.9. The van der Waals surface area contributed by atoms with Crippen LogP contribution in [-0.2, 0) is 17.6 Å². The van der Waals surface area contributed by atoms with E-state index >= 15 is 0 Å². The molecule has 1 atom stereocenters. The molecule has 1 aromatic heterocycles. The highest BCUT2D eigenvalue weighted by atomic mass is 32.2. The first-order valence-corrected chi connectivity index (χ1v) is 12.8. The zero-order chi connectivity index (χ0) is 22.8. The number of fused-ring (bicyclic) bond motifs is 1. The van der Waals surface area contributed by atoms with Gasteiger partial charge in [-0.1, -0.05) is 18.2 Å². The van der Waals surface area contributed by atoms with E-state index in [1.165, 1.54) is 16.7 Å². The van der Waals surface area contributed by atoms with Gasteiger partial charge in [0.2, 0.25) is 5.91 Å². The number of hydrogen-bond acceptors (Lipinski definition) is 4. The summed E-state index contributed by atoms with van der Waals surface area (Å²) < 4.78 is 16.2. The Labute approximate surface area is 198 Å². The van der Waals surface area contributed by atoms with Gasteiger partial charge in [0, 0.05) is 54.9 Å². The lowest BCUT2D eigenvalue weighted by molar-refractivity contribution is -0.121. The Kier molecular flexibility index (Phi) is 6.51. The lowest BCUT2D eigenvalue weighted by Gasteiger charge is -2.34. The van der Waals surface area contributed by atoms with Gasteiger partial charge in [-0.05, 0) is 55.0 Å².